The van der Waals surface area contributed by atoms with Crippen molar-refractivity contribution < 1.29 is 19.5 Å². The molecule has 0 saturated heterocycles. The number of anilines is 1. The van der Waals surface area contributed by atoms with Crippen molar-refractivity contribution in [1.82, 2.24) is 4.90 Å². The van der Waals surface area contributed by atoms with Crippen molar-refractivity contribution in [3.05, 3.63) is 29.3 Å². The molecule has 0 unspecified atom stereocenters. The van der Waals surface area contributed by atoms with Crippen LogP contribution in [-0.2, 0) is 9.59 Å². The van der Waals surface area contributed by atoms with E-state index in [9.17, 15) is 14.4 Å². The molecule has 19 heavy (non-hydrogen) atoms. The van der Waals surface area contributed by atoms with E-state index in [1.54, 1.807) is 19.1 Å². The normalized spacial score (nSPS) is 9.84. The minimum Gasteiger partial charge on any atom is -0.478 e. The lowest BCUT2D eigenvalue weighted by Gasteiger charge is -2.15. The standard InChI is InChI=1S/C13H16N2O4/c1-8-5-4-6-10(12(8)13(18)19)14-11(17)7-15(3)9(2)16/h4-6H,7H2,1-3H3,(H,14,17)(H,18,19). The average molecular weight is 264 g/mol. The largest absolute Gasteiger partial charge is 0.478 e. The van der Waals surface area contributed by atoms with Crippen LogP contribution >= 0.6 is 0 Å². The van der Waals surface area contributed by atoms with Crippen molar-refractivity contribution >= 4 is 23.5 Å². The van der Waals surface area contributed by atoms with Crippen LogP contribution in [0.4, 0.5) is 5.69 Å². The second-order valence-electron chi connectivity index (χ2n) is 4.23. The van der Waals surface area contributed by atoms with Crippen molar-refractivity contribution in [2.24, 2.45) is 0 Å². The lowest BCUT2D eigenvalue weighted by Crippen LogP contribution is -2.33. The van der Waals surface area contributed by atoms with Crippen LogP contribution in [0.3, 0.4) is 0 Å². The van der Waals surface area contributed by atoms with Gasteiger partial charge in [0.05, 0.1) is 17.8 Å². The number of aromatic carboxylic acids is 1. The van der Waals surface area contributed by atoms with Gasteiger partial charge in [0.2, 0.25) is 11.8 Å². The molecular weight excluding hydrogens is 248 g/mol. The van der Waals surface area contributed by atoms with Crippen LogP contribution < -0.4 is 5.32 Å². The number of carboxylic acids is 1. The summed E-state index contributed by atoms with van der Waals surface area (Å²) in [4.78, 5) is 35.1. The zero-order valence-electron chi connectivity index (χ0n) is 11.1. The zero-order valence-corrected chi connectivity index (χ0v) is 11.1. The van der Waals surface area contributed by atoms with Crippen molar-refractivity contribution in [3.63, 3.8) is 0 Å². The van der Waals surface area contributed by atoms with Crippen LogP contribution in [-0.4, -0.2) is 41.4 Å². The molecule has 0 aliphatic carbocycles. The Kier molecular flexibility index (Phi) is 4.63. The van der Waals surface area contributed by atoms with Crippen LogP contribution in [0.5, 0.6) is 0 Å². The second-order valence-corrected chi connectivity index (χ2v) is 4.23. The number of carbonyl (C=O) groups excluding carboxylic acids is 2. The Hall–Kier alpha value is -2.37. The van der Waals surface area contributed by atoms with E-state index in [0.29, 0.717) is 5.56 Å². The monoisotopic (exact) mass is 264 g/mol. The molecule has 0 aliphatic rings. The lowest BCUT2D eigenvalue weighted by molar-refractivity contribution is -0.131. The topological polar surface area (TPSA) is 86.7 Å². The van der Waals surface area contributed by atoms with Gasteiger partial charge in [-0.25, -0.2) is 4.79 Å². The van der Waals surface area contributed by atoms with Crippen LogP contribution in [0, 0.1) is 6.92 Å². The third-order valence-corrected chi connectivity index (χ3v) is 2.68. The molecule has 6 nitrogen and oxygen atoms in total. The molecule has 2 amide bonds. The van der Waals surface area contributed by atoms with E-state index in [-0.39, 0.29) is 23.7 Å². The third-order valence-electron chi connectivity index (χ3n) is 2.68. The fourth-order valence-electron chi connectivity index (χ4n) is 1.57. The number of likely N-dealkylation sites (N-methyl/N-ethyl adjacent to an activating group) is 1. The summed E-state index contributed by atoms with van der Waals surface area (Å²) in [7, 11) is 1.50. The summed E-state index contributed by atoms with van der Waals surface area (Å²) >= 11 is 0. The van der Waals surface area contributed by atoms with E-state index in [1.165, 1.54) is 24.9 Å². The van der Waals surface area contributed by atoms with Crippen LogP contribution in [0.2, 0.25) is 0 Å². The maximum absolute atomic E-state index is 11.7. The van der Waals surface area contributed by atoms with Gasteiger partial charge in [-0.15, -0.1) is 0 Å². The number of amides is 2. The first-order valence-corrected chi connectivity index (χ1v) is 5.67. The maximum atomic E-state index is 11.7. The quantitative estimate of drug-likeness (QED) is 0.852. The molecular formula is C13H16N2O4. The number of benzene rings is 1. The Morgan fingerprint density at radius 3 is 2.47 bits per heavy atom. The Morgan fingerprint density at radius 2 is 1.95 bits per heavy atom. The maximum Gasteiger partial charge on any atom is 0.338 e. The number of nitrogens with one attached hydrogen (secondary N) is 1. The van der Waals surface area contributed by atoms with Crippen LogP contribution in [0.1, 0.15) is 22.8 Å². The average Bonchev–Trinajstić information content (AvgIpc) is 2.27. The number of aryl methyl sites for hydroxylation is 1. The van der Waals surface area contributed by atoms with Gasteiger partial charge in [-0.05, 0) is 18.6 Å². The zero-order chi connectivity index (χ0) is 14.6. The number of carboxylic acid groups (broad SMARTS) is 1. The van der Waals surface area contributed by atoms with E-state index < -0.39 is 11.9 Å². The summed E-state index contributed by atoms with van der Waals surface area (Å²) in [5.74, 6) is -1.78. The Balaban J connectivity index is 2.88. The number of carbonyl (C=O) groups is 3. The minimum absolute atomic E-state index is 0.0568. The molecule has 0 radical (unpaired) electrons. The number of hydrogen-bond donors (Lipinski definition) is 2. The van der Waals surface area contributed by atoms with E-state index in [0.717, 1.165) is 0 Å². The predicted octanol–water partition coefficient (Wildman–Crippen LogP) is 1.11. The highest BCUT2D eigenvalue weighted by atomic mass is 16.4. The molecule has 0 atom stereocenters. The number of hydrogen-bond acceptors (Lipinski definition) is 3. The van der Waals surface area contributed by atoms with Crippen molar-refractivity contribution in [3.8, 4) is 0 Å². The van der Waals surface area contributed by atoms with E-state index >= 15 is 0 Å². The summed E-state index contributed by atoms with van der Waals surface area (Å²) in [6, 6.07) is 4.83. The van der Waals surface area contributed by atoms with Gasteiger partial charge in [0.1, 0.15) is 0 Å². The van der Waals surface area contributed by atoms with Gasteiger partial charge >= 0.3 is 5.97 Å². The Morgan fingerprint density at radius 1 is 1.32 bits per heavy atom. The van der Waals surface area contributed by atoms with Gasteiger partial charge in [-0.1, -0.05) is 12.1 Å². The van der Waals surface area contributed by atoms with Gasteiger partial charge < -0.3 is 15.3 Å². The highest BCUT2D eigenvalue weighted by Crippen LogP contribution is 2.19. The summed E-state index contributed by atoms with van der Waals surface area (Å²) < 4.78 is 0. The molecule has 2 N–H and O–H groups in total. The van der Waals surface area contributed by atoms with Crippen molar-refractivity contribution in [2.75, 3.05) is 18.9 Å². The number of rotatable bonds is 4. The van der Waals surface area contributed by atoms with Gasteiger partial charge in [-0.3, -0.25) is 9.59 Å². The molecule has 102 valence electrons. The molecule has 0 fully saturated rings. The Bertz CT molecular complexity index is 525. The molecule has 1 aromatic rings. The summed E-state index contributed by atoms with van der Waals surface area (Å²) in [6.07, 6.45) is 0. The highest BCUT2D eigenvalue weighted by Gasteiger charge is 2.16. The number of nitrogens with zero attached hydrogens (tertiary/aromatic N) is 1. The van der Waals surface area contributed by atoms with Crippen molar-refractivity contribution in [1.29, 1.82) is 0 Å². The minimum atomic E-state index is -1.10. The molecule has 6 heteroatoms. The highest BCUT2D eigenvalue weighted by molar-refractivity contribution is 6.02. The molecule has 0 aliphatic heterocycles. The summed E-state index contributed by atoms with van der Waals surface area (Å²) in [5, 5.41) is 11.6. The molecule has 1 aromatic carbocycles. The first-order valence-electron chi connectivity index (χ1n) is 5.67. The van der Waals surface area contributed by atoms with E-state index in [1.807, 2.05) is 0 Å². The van der Waals surface area contributed by atoms with E-state index in [2.05, 4.69) is 5.32 Å². The fraction of sp³-hybridized carbons (Fsp3) is 0.308. The molecule has 0 heterocycles. The van der Waals surface area contributed by atoms with Gasteiger partial charge in [0, 0.05) is 14.0 Å². The molecule has 0 aromatic heterocycles. The Labute approximate surface area is 111 Å². The van der Waals surface area contributed by atoms with Gasteiger partial charge in [-0.2, -0.15) is 0 Å². The molecule has 0 bridgehead atoms. The van der Waals surface area contributed by atoms with E-state index in [4.69, 9.17) is 5.11 Å². The van der Waals surface area contributed by atoms with Gasteiger partial charge in [0.15, 0.2) is 0 Å². The first kappa shape index (κ1) is 14.7. The summed E-state index contributed by atoms with van der Waals surface area (Å²) in [5.41, 5.74) is 0.848. The third kappa shape index (κ3) is 3.80. The lowest BCUT2D eigenvalue weighted by atomic mass is 10.1. The molecule has 1 rings (SSSR count). The smallest absolute Gasteiger partial charge is 0.338 e. The molecule has 0 spiro atoms. The first-order chi connectivity index (χ1) is 8.82. The summed E-state index contributed by atoms with van der Waals surface area (Å²) in [6.45, 7) is 2.88. The van der Waals surface area contributed by atoms with Crippen LogP contribution in [0.25, 0.3) is 0 Å². The van der Waals surface area contributed by atoms with Crippen molar-refractivity contribution in [2.45, 2.75) is 13.8 Å². The predicted molar refractivity (Wildman–Crippen MR) is 70.1 cm³/mol. The SMILES string of the molecule is CC(=O)N(C)CC(=O)Nc1cccc(C)c1C(=O)O. The second kappa shape index (κ2) is 5.99. The van der Waals surface area contributed by atoms with Crippen LogP contribution in [0.15, 0.2) is 18.2 Å². The molecule has 0 saturated carbocycles. The fourth-order valence-corrected chi connectivity index (χ4v) is 1.57. The van der Waals surface area contributed by atoms with Gasteiger partial charge in [0.25, 0.3) is 0 Å².